The molecule has 0 unspecified atom stereocenters. The van der Waals surface area contributed by atoms with Gasteiger partial charge in [-0.25, -0.2) is 29.3 Å². The smallest absolute Gasteiger partial charge is 0.163 e. The molecular weight excluding hydrogens is 636 g/mol. The van der Waals surface area contributed by atoms with E-state index in [0.29, 0.717) is 56.2 Å². The third-order valence-corrected chi connectivity index (χ3v) is 8.11. The van der Waals surface area contributed by atoms with Crippen molar-refractivity contribution in [2.45, 2.75) is 18.9 Å². The highest BCUT2D eigenvalue weighted by Crippen LogP contribution is 2.31. The summed E-state index contributed by atoms with van der Waals surface area (Å²) in [6.07, 6.45) is 7.21. The SMILES string of the molecule is CN1CCOCC1.CNC1CC1.Cn1nc(-c2cccc(C=O)c2)c2c(N)ncnc21.Cn1nc(-c2cccc(C=O)c2)c2c(N)ncnc21. The third kappa shape index (κ3) is 8.68. The van der Waals surface area contributed by atoms with Crippen molar-refractivity contribution in [2.24, 2.45) is 14.1 Å². The van der Waals surface area contributed by atoms with Crippen molar-refractivity contribution in [1.82, 2.24) is 49.7 Å². The lowest BCUT2D eigenvalue weighted by molar-refractivity contribution is 0.0503. The van der Waals surface area contributed by atoms with Crippen LogP contribution in [-0.2, 0) is 18.8 Å². The summed E-state index contributed by atoms with van der Waals surface area (Å²) in [5.41, 5.74) is 17.3. The summed E-state index contributed by atoms with van der Waals surface area (Å²) in [6.45, 7) is 4.02. The molecule has 15 heteroatoms. The van der Waals surface area contributed by atoms with E-state index in [9.17, 15) is 9.59 Å². The van der Waals surface area contributed by atoms with Crippen LogP contribution in [0.25, 0.3) is 44.6 Å². The van der Waals surface area contributed by atoms with E-state index in [1.165, 1.54) is 25.5 Å². The van der Waals surface area contributed by atoms with Crippen LogP contribution in [0, 0.1) is 0 Å². The van der Waals surface area contributed by atoms with Crippen LogP contribution in [0.2, 0.25) is 0 Å². The lowest BCUT2D eigenvalue weighted by atomic mass is 10.1. The van der Waals surface area contributed by atoms with Gasteiger partial charge in [-0.05, 0) is 39.1 Å². The second-order valence-corrected chi connectivity index (χ2v) is 11.8. The minimum atomic E-state index is 0.379. The Kier molecular flexibility index (Phi) is 11.9. The number of likely N-dealkylation sites (N-methyl/N-ethyl adjacent to an activating group) is 1. The zero-order valence-corrected chi connectivity index (χ0v) is 28.7. The first kappa shape index (κ1) is 35.7. The van der Waals surface area contributed by atoms with Gasteiger partial charge < -0.3 is 26.4 Å². The zero-order valence-electron chi connectivity index (χ0n) is 28.7. The molecule has 0 radical (unpaired) electrons. The van der Waals surface area contributed by atoms with Crippen LogP contribution < -0.4 is 16.8 Å². The van der Waals surface area contributed by atoms with Crippen molar-refractivity contribution in [2.75, 3.05) is 51.9 Å². The van der Waals surface area contributed by atoms with Crippen LogP contribution in [0.1, 0.15) is 33.6 Å². The predicted octanol–water partition coefficient (Wildman–Crippen LogP) is 3.17. The molecule has 5 heterocycles. The number of nitrogens with one attached hydrogen (secondary N) is 1. The molecule has 50 heavy (non-hydrogen) atoms. The molecule has 1 aliphatic heterocycles. The molecule has 4 aromatic heterocycles. The Hall–Kier alpha value is -5.64. The quantitative estimate of drug-likeness (QED) is 0.225. The number of carbonyl (C=O) groups excluding carboxylic acids is 2. The van der Waals surface area contributed by atoms with Crippen LogP contribution in [0.4, 0.5) is 11.6 Å². The average molecular weight is 679 g/mol. The van der Waals surface area contributed by atoms with Gasteiger partial charge in [-0.2, -0.15) is 10.2 Å². The van der Waals surface area contributed by atoms with Crippen LogP contribution in [0.5, 0.6) is 0 Å². The predicted molar refractivity (Wildman–Crippen MR) is 193 cm³/mol. The Labute approximate surface area is 289 Å². The molecular formula is C35H42N12O3. The van der Waals surface area contributed by atoms with Crippen molar-refractivity contribution in [3.05, 3.63) is 72.3 Å². The van der Waals surface area contributed by atoms with E-state index >= 15 is 0 Å². The largest absolute Gasteiger partial charge is 0.383 e. The van der Waals surface area contributed by atoms with E-state index in [2.05, 4.69) is 47.4 Å². The molecule has 1 aliphatic carbocycles. The second-order valence-electron chi connectivity index (χ2n) is 11.8. The zero-order chi connectivity index (χ0) is 35.6. The van der Waals surface area contributed by atoms with E-state index in [1.807, 2.05) is 19.2 Å². The summed E-state index contributed by atoms with van der Waals surface area (Å²) < 4.78 is 8.40. The van der Waals surface area contributed by atoms with Gasteiger partial charge in [0.1, 0.15) is 48.3 Å². The number of nitrogen functional groups attached to an aromatic ring is 2. The molecule has 0 amide bonds. The number of morpholine rings is 1. The number of ether oxygens (including phenoxy) is 1. The molecule has 0 atom stereocenters. The number of nitrogens with zero attached hydrogens (tertiary/aromatic N) is 9. The van der Waals surface area contributed by atoms with E-state index in [0.717, 1.165) is 56.0 Å². The molecule has 6 aromatic rings. The molecule has 2 aliphatic rings. The van der Waals surface area contributed by atoms with Crippen LogP contribution >= 0.6 is 0 Å². The molecule has 5 N–H and O–H groups in total. The highest BCUT2D eigenvalue weighted by atomic mass is 16.5. The van der Waals surface area contributed by atoms with Crippen molar-refractivity contribution < 1.29 is 14.3 Å². The Bertz CT molecular complexity index is 1930. The summed E-state index contributed by atoms with van der Waals surface area (Å²) in [5, 5.41) is 13.4. The number of aryl methyl sites for hydroxylation is 2. The molecule has 0 spiro atoms. The number of fused-ring (bicyclic) bond motifs is 2. The first-order valence-corrected chi connectivity index (χ1v) is 16.1. The number of aromatic nitrogens is 8. The molecule has 2 fully saturated rings. The van der Waals surface area contributed by atoms with Gasteiger partial charge in [-0.1, -0.05) is 36.4 Å². The molecule has 1 saturated heterocycles. The summed E-state index contributed by atoms with van der Waals surface area (Å²) in [6, 6.07) is 15.3. The van der Waals surface area contributed by atoms with Gasteiger partial charge in [0.2, 0.25) is 0 Å². The molecule has 260 valence electrons. The maximum absolute atomic E-state index is 10.9. The fourth-order valence-electron chi connectivity index (χ4n) is 5.17. The van der Waals surface area contributed by atoms with Crippen molar-refractivity contribution in [3.8, 4) is 22.5 Å². The van der Waals surface area contributed by atoms with Gasteiger partial charge in [0.05, 0.1) is 24.0 Å². The van der Waals surface area contributed by atoms with Crippen LogP contribution in [0.3, 0.4) is 0 Å². The van der Waals surface area contributed by atoms with E-state index in [1.54, 1.807) is 59.9 Å². The average Bonchev–Trinajstić information content (AvgIpc) is 3.85. The summed E-state index contributed by atoms with van der Waals surface area (Å²) >= 11 is 0. The van der Waals surface area contributed by atoms with Crippen LogP contribution in [0.15, 0.2) is 61.2 Å². The molecule has 15 nitrogen and oxygen atoms in total. The second kappa shape index (κ2) is 16.6. The standard InChI is InChI=1S/2C13H11N5O.C5H11NO.C4H9N/c2*1-18-13-10(12(14)15-7-16-13)11(17-18)9-4-2-3-8(5-9)6-19;1-6-2-4-7-5-3-6;1-5-4-2-3-4/h2*2-7H,1H3,(H2,14,15,16);2-5H2,1H3;4-5H,2-3H2,1H3. The van der Waals surface area contributed by atoms with Crippen LogP contribution in [-0.4, -0.2) is 103 Å². The molecule has 2 aromatic carbocycles. The summed E-state index contributed by atoms with van der Waals surface area (Å²) in [5.74, 6) is 0.759. The fraction of sp³-hybridized carbons (Fsp3) is 0.314. The number of carbonyl (C=O) groups is 2. The maximum Gasteiger partial charge on any atom is 0.163 e. The Balaban J connectivity index is 0.000000147. The minimum absolute atomic E-state index is 0.379. The number of hydrogen-bond donors (Lipinski definition) is 3. The Morgan fingerprint density at radius 3 is 1.54 bits per heavy atom. The van der Waals surface area contributed by atoms with E-state index in [-0.39, 0.29) is 0 Å². The number of aldehydes is 2. The van der Waals surface area contributed by atoms with Crippen molar-refractivity contribution in [3.63, 3.8) is 0 Å². The third-order valence-electron chi connectivity index (χ3n) is 8.11. The summed E-state index contributed by atoms with van der Waals surface area (Å²) in [4.78, 5) is 40.3. The highest BCUT2D eigenvalue weighted by Gasteiger charge is 2.18. The van der Waals surface area contributed by atoms with E-state index in [4.69, 9.17) is 16.2 Å². The highest BCUT2D eigenvalue weighted by molar-refractivity contribution is 5.99. The first-order valence-electron chi connectivity index (χ1n) is 16.1. The normalized spacial score (nSPS) is 14.1. The lowest BCUT2D eigenvalue weighted by Crippen LogP contribution is -2.32. The Morgan fingerprint density at radius 2 is 1.20 bits per heavy atom. The van der Waals surface area contributed by atoms with Gasteiger partial charge in [0, 0.05) is 55.5 Å². The van der Waals surface area contributed by atoms with Crippen molar-refractivity contribution >= 4 is 46.3 Å². The fourth-order valence-corrected chi connectivity index (χ4v) is 5.17. The van der Waals surface area contributed by atoms with Gasteiger partial charge in [0.25, 0.3) is 0 Å². The number of benzene rings is 2. The molecule has 0 bridgehead atoms. The van der Waals surface area contributed by atoms with Crippen molar-refractivity contribution in [1.29, 1.82) is 0 Å². The van der Waals surface area contributed by atoms with Gasteiger partial charge in [-0.15, -0.1) is 0 Å². The first-order chi connectivity index (χ1) is 24.2. The monoisotopic (exact) mass is 678 g/mol. The molecule has 1 saturated carbocycles. The number of nitrogens with two attached hydrogens (primary N) is 2. The topological polar surface area (TPSA) is 198 Å². The van der Waals surface area contributed by atoms with Gasteiger partial charge >= 0.3 is 0 Å². The molecule has 8 rings (SSSR count). The number of rotatable bonds is 5. The van der Waals surface area contributed by atoms with E-state index < -0.39 is 0 Å². The maximum atomic E-state index is 10.9. The minimum Gasteiger partial charge on any atom is -0.383 e. The number of hydrogen-bond acceptors (Lipinski definition) is 13. The van der Waals surface area contributed by atoms with Gasteiger partial charge in [-0.3, -0.25) is 9.59 Å². The summed E-state index contributed by atoms with van der Waals surface area (Å²) in [7, 11) is 7.71. The number of anilines is 2. The van der Waals surface area contributed by atoms with Gasteiger partial charge in [0.15, 0.2) is 11.3 Å². The Morgan fingerprint density at radius 1 is 0.740 bits per heavy atom. The lowest BCUT2D eigenvalue weighted by Gasteiger charge is -2.21.